The quantitative estimate of drug-likeness (QED) is 0.588. The zero-order chi connectivity index (χ0) is 15.3. The second-order valence-electron chi connectivity index (χ2n) is 4.27. The Balaban J connectivity index is 3.13. The number of ether oxygens (including phenoxy) is 1. The number of nitrogens with one attached hydrogen (secondary N) is 2. The molecule has 7 nitrogen and oxygen atoms in total. The minimum Gasteiger partial charge on any atom is -0.397 e. The van der Waals surface area contributed by atoms with Gasteiger partial charge in [-0.15, -0.1) is 11.3 Å². The van der Waals surface area contributed by atoms with Crippen LogP contribution in [0.5, 0.6) is 0 Å². The summed E-state index contributed by atoms with van der Waals surface area (Å²) in [5.74, 6) is -0.980. The molecule has 20 heavy (non-hydrogen) atoms. The molecule has 0 saturated heterocycles. The van der Waals surface area contributed by atoms with Crippen LogP contribution < -0.4 is 22.1 Å². The van der Waals surface area contributed by atoms with Gasteiger partial charge in [-0.3, -0.25) is 9.59 Å². The highest BCUT2D eigenvalue weighted by Gasteiger charge is 2.24. The highest BCUT2D eigenvalue weighted by molar-refractivity contribution is 7.19. The van der Waals surface area contributed by atoms with Crippen molar-refractivity contribution in [3.05, 3.63) is 10.4 Å². The van der Waals surface area contributed by atoms with E-state index in [0.717, 1.165) is 11.3 Å². The van der Waals surface area contributed by atoms with Gasteiger partial charge >= 0.3 is 0 Å². The second-order valence-corrected chi connectivity index (χ2v) is 5.29. The van der Waals surface area contributed by atoms with Gasteiger partial charge in [0, 0.05) is 19.7 Å². The van der Waals surface area contributed by atoms with E-state index in [-0.39, 0.29) is 28.1 Å². The average molecular weight is 300 g/mol. The summed E-state index contributed by atoms with van der Waals surface area (Å²) in [6.07, 6.45) is 0. The predicted molar refractivity (Wildman–Crippen MR) is 80.2 cm³/mol. The maximum Gasteiger partial charge on any atom is 0.263 e. The molecule has 1 heterocycles. The first-order chi connectivity index (χ1) is 9.42. The van der Waals surface area contributed by atoms with E-state index in [1.165, 1.54) is 0 Å². The maximum atomic E-state index is 11.9. The summed E-state index contributed by atoms with van der Waals surface area (Å²) in [5, 5.41) is 6.22. The van der Waals surface area contributed by atoms with Crippen LogP contribution in [0.25, 0.3) is 0 Å². The van der Waals surface area contributed by atoms with E-state index >= 15 is 0 Å². The number of hydrogen-bond donors (Lipinski definition) is 4. The standard InChI is InChI=1S/C12H20N4O3S/c1-4-15-11(18)9-8(13)7(10(14)17)12(20-9)16-6(2)5-19-3/h6,16H,4-5,13H2,1-3H3,(H2,14,17)(H,15,18). The molecule has 0 aliphatic carbocycles. The lowest BCUT2D eigenvalue weighted by Gasteiger charge is -2.13. The predicted octanol–water partition coefficient (Wildman–Crippen LogP) is 0.626. The maximum absolute atomic E-state index is 11.9. The van der Waals surface area contributed by atoms with Crippen LogP contribution in [0.3, 0.4) is 0 Å². The summed E-state index contributed by atoms with van der Waals surface area (Å²) in [4.78, 5) is 23.7. The zero-order valence-electron chi connectivity index (χ0n) is 11.8. The number of primary amides is 1. The normalized spacial score (nSPS) is 11.9. The Labute approximate surface area is 121 Å². The van der Waals surface area contributed by atoms with Crippen molar-refractivity contribution in [1.82, 2.24) is 5.32 Å². The summed E-state index contributed by atoms with van der Waals surface area (Å²) in [6, 6.07) is -0.0433. The number of anilines is 2. The van der Waals surface area contributed by atoms with Gasteiger partial charge in [-0.1, -0.05) is 0 Å². The lowest BCUT2D eigenvalue weighted by molar-refractivity contribution is 0.0960. The molecule has 0 radical (unpaired) electrons. The zero-order valence-corrected chi connectivity index (χ0v) is 12.6. The van der Waals surface area contributed by atoms with Crippen molar-refractivity contribution in [1.29, 1.82) is 0 Å². The Hall–Kier alpha value is -1.80. The van der Waals surface area contributed by atoms with Crippen molar-refractivity contribution in [2.45, 2.75) is 19.9 Å². The van der Waals surface area contributed by atoms with Crippen molar-refractivity contribution in [3.63, 3.8) is 0 Å². The third-order valence-electron chi connectivity index (χ3n) is 2.53. The van der Waals surface area contributed by atoms with E-state index in [0.29, 0.717) is 18.2 Å². The van der Waals surface area contributed by atoms with Crippen LogP contribution in [0.1, 0.15) is 33.9 Å². The van der Waals surface area contributed by atoms with Gasteiger partial charge in [-0.25, -0.2) is 0 Å². The molecule has 1 aromatic heterocycles. The highest BCUT2D eigenvalue weighted by Crippen LogP contribution is 2.35. The minimum atomic E-state index is -0.665. The van der Waals surface area contributed by atoms with Gasteiger partial charge in [-0.05, 0) is 13.8 Å². The number of carbonyl (C=O) groups is 2. The van der Waals surface area contributed by atoms with Crippen LogP contribution in [0.15, 0.2) is 0 Å². The van der Waals surface area contributed by atoms with Gasteiger partial charge in [-0.2, -0.15) is 0 Å². The fraction of sp³-hybridized carbons (Fsp3) is 0.500. The molecule has 2 amide bonds. The molecule has 0 aromatic carbocycles. The van der Waals surface area contributed by atoms with Crippen LogP contribution >= 0.6 is 11.3 Å². The molecule has 6 N–H and O–H groups in total. The number of thiophene rings is 1. The Morgan fingerprint density at radius 2 is 2.10 bits per heavy atom. The molecule has 1 unspecified atom stereocenters. The van der Waals surface area contributed by atoms with E-state index in [2.05, 4.69) is 10.6 Å². The van der Waals surface area contributed by atoms with E-state index in [4.69, 9.17) is 16.2 Å². The van der Waals surface area contributed by atoms with Gasteiger partial charge in [0.25, 0.3) is 11.8 Å². The molecule has 0 aliphatic rings. The first-order valence-corrected chi connectivity index (χ1v) is 6.99. The Morgan fingerprint density at radius 1 is 1.45 bits per heavy atom. The van der Waals surface area contributed by atoms with Crippen molar-refractivity contribution < 1.29 is 14.3 Å². The van der Waals surface area contributed by atoms with Gasteiger partial charge in [0.2, 0.25) is 0 Å². The van der Waals surface area contributed by atoms with E-state index in [1.807, 2.05) is 6.92 Å². The summed E-state index contributed by atoms with van der Waals surface area (Å²) in [6.45, 7) is 4.61. The number of carbonyl (C=O) groups excluding carboxylic acids is 2. The molecule has 0 bridgehead atoms. The first-order valence-electron chi connectivity index (χ1n) is 6.18. The Morgan fingerprint density at radius 3 is 2.60 bits per heavy atom. The van der Waals surface area contributed by atoms with E-state index in [9.17, 15) is 9.59 Å². The number of nitrogen functional groups attached to an aromatic ring is 1. The van der Waals surface area contributed by atoms with Crippen LogP contribution in [0.4, 0.5) is 10.7 Å². The Kier molecular flexibility index (Phi) is 5.78. The van der Waals surface area contributed by atoms with Gasteiger partial charge in [0.05, 0.1) is 17.9 Å². The molecule has 1 aromatic rings. The molecule has 0 fully saturated rings. The van der Waals surface area contributed by atoms with Gasteiger partial charge in [0.1, 0.15) is 9.88 Å². The lowest BCUT2D eigenvalue weighted by Crippen LogP contribution is -2.23. The Bertz CT molecular complexity index is 501. The highest BCUT2D eigenvalue weighted by atomic mass is 32.1. The van der Waals surface area contributed by atoms with Crippen molar-refractivity contribution in [2.75, 3.05) is 31.3 Å². The summed E-state index contributed by atoms with van der Waals surface area (Å²) < 4.78 is 5.01. The van der Waals surface area contributed by atoms with Gasteiger partial charge in [0.15, 0.2) is 0 Å². The molecule has 0 aliphatic heterocycles. The number of hydrogen-bond acceptors (Lipinski definition) is 6. The first kappa shape index (κ1) is 16.3. The second kappa shape index (κ2) is 7.11. The molecule has 0 spiro atoms. The fourth-order valence-electron chi connectivity index (χ4n) is 1.72. The third-order valence-corrected chi connectivity index (χ3v) is 3.66. The summed E-state index contributed by atoms with van der Waals surface area (Å²) in [7, 11) is 1.58. The number of methoxy groups -OCH3 is 1. The van der Waals surface area contributed by atoms with Gasteiger partial charge < -0.3 is 26.8 Å². The van der Waals surface area contributed by atoms with Crippen molar-refractivity contribution in [2.24, 2.45) is 5.73 Å². The lowest BCUT2D eigenvalue weighted by atomic mass is 10.2. The van der Waals surface area contributed by atoms with Crippen molar-refractivity contribution >= 4 is 33.8 Å². The average Bonchev–Trinajstić information content (AvgIpc) is 2.66. The van der Waals surface area contributed by atoms with Crippen LogP contribution in [0, 0.1) is 0 Å². The molecule has 0 saturated carbocycles. The molecule has 8 heteroatoms. The summed E-state index contributed by atoms with van der Waals surface area (Å²) >= 11 is 1.11. The molecule has 1 atom stereocenters. The molecular formula is C12H20N4O3S. The summed E-state index contributed by atoms with van der Waals surface area (Å²) in [5.41, 5.74) is 11.5. The smallest absolute Gasteiger partial charge is 0.263 e. The third kappa shape index (κ3) is 3.61. The molecule has 1 rings (SSSR count). The van der Waals surface area contributed by atoms with E-state index in [1.54, 1.807) is 14.0 Å². The number of rotatable bonds is 7. The monoisotopic (exact) mass is 300 g/mol. The molecular weight excluding hydrogens is 280 g/mol. The largest absolute Gasteiger partial charge is 0.397 e. The minimum absolute atomic E-state index is 0.0433. The topological polar surface area (TPSA) is 119 Å². The van der Waals surface area contributed by atoms with E-state index < -0.39 is 5.91 Å². The van der Waals surface area contributed by atoms with Crippen LogP contribution in [0.2, 0.25) is 0 Å². The molecule has 112 valence electrons. The SMILES string of the molecule is CCNC(=O)c1sc(NC(C)COC)c(C(N)=O)c1N. The number of amides is 2. The van der Waals surface area contributed by atoms with Crippen LogP contribution in [-0.4, -0.2) is 38.1 Å². The fourth-order valence-corrected chi connectivity index (χ4v) is 2.87. The van der Waals surface area contributed by atoms with Crippen LogP contribution in [-0.2, 0) is 4.74 Å². The number of nitrogens with two attached hydrogens (primary N) is 2. The van der Waals surface area contributed by atoms with Crippen molar-refractivity contribution in [3.8, 4) is 0 Å².